The Hall–Kier alpha value is -4.67. The molecule has 0 bridgehead atoms. The Morgan fingerprint density at radius 2 is 1.80 bits per heavy atom. The number of nitrogens with one attached hydrogen (secondary N) is 1. The SMILES string of the molecule is COc1ccc(-n2nc(C(F)(F)F)cc2C(=O)Nc2ccc(-c3cccc4c3S(=O)(=O)N(CC#N)C4)cc2)cc1. The molecule has 9 nitrogen and oxygen atoms in total. The number of sulfonamides is 1. The van der Waals surface area contributed by atoms with Gasteiger partial charge in [0, 0.05) is 23.9 Å². The zero-order valence-electron chi connectivity index (χ0n) is 20.8. The average molecular weight is 568 g/mol. The van der Waals surface area contributed by atoms with Gasteiger partial charge in [-0.2, -0.15) is 27.8 Å². The molecule has 1 N–H and O–H groups in total. The summed E-state index contributed by atoms with van der Waals surface area (Å²) in [4.78, 5) is 13.2. The molecule has 0 spiro atoms. The number of nitriles is 1. The second-order valence-corrected chi connectivity index (χ2v) is 10.7. The molecule has 0 saturated carbocycles. The highest BCUT2D eigenvalue weighted by Crippen LogP contribution is 2.38. The first-order valence-corrected chi connectivity index (χ1v) is 13.2. The number of aromatic nitrogens is 2. The Bertz CT molecular complexity index is 1740. The molecule has 5 rings (SSSR count). The van der Waals surface area contributed by atoms with Crippen molar-refractivity contribution in [3.63, 3.8) is 0 Å². The first kappa shape index (κ1) is 26.9. The first-order valence-electron chi connectivity index (χ1n) is 11.8. The maximum atomic E-state index is 13.4. The summed E-state index contributed by atoms with van der Waals surface area (Å²) in [5.41, 5.74) is 0.465. The molecule has 13 heteroatoms. The summed E-state index contributed by atoms with van der Waals surface area (Å²) < 4.78 is 73.4. The van der Waals surface area contributed by atoms with Gasteiger partial charge in [0.15, 0.2) is 5.69 Å². The first-order chi connectivity index (χ1) is 19.0. The third-order valence-electron chi connectivity index (χ3n) is 6.29. The number of carbonyl (C=O) groups is 1. The van der Waals surface area contributed by atoms with Crippen LogP contribution in [0.1, 0.15) is 21.7 Å². The Labute approximate surface area is 227 Å². The predicted molar refractivity (Wildman–Crippen MR) is 138 cm³/mol. The van der Waals surface area contributed by atoms with Gasteiger partial charge >= 0.3 is 6.18 Å². The second kappa shape index (κ2) is 10.1. The number of alkyl halides is 3. The van der Waals surface area contributed by atoms with Crippen molar-refractivity contribution in [1.82, 2.24) is 14.1 Å². The molecule has 1 aliphatic heterocycles. The van der Waals surface area contributed by atoms with Gasteiger partial charge in [-0.25, -0.2) is 13.1 Å². The van der Waals surface area contributed by atoms with Crippen LogP contribution in [0.3, 0.4) is 0 Å². The molecular weight excluding hydrogens is 547 g/mol. The zero-order valence-corrected chi connectivity index (χ0v) is 21.6. The number of hydrogen-bond acceptors (Lipinski definition) is 6. The second-order valence-electron chi connectivity index (χ2n) is 8.78. The maximum absolute atomic E-state index is 13.4. The molecule has 1 aliphatic rings. The number of carbonyl (C=O) groups excluding carboxylic acids is 1. The normalized spacial score (nSPS) is 14.4. The fraction of sp³-hybridized carbons (Fsp3) is 0.148. The van der Waals surface area contributed by atoms with E-state index in [0.717, 1.165) is 8.99 Å². The minimum atomic E-state index is -4.77. The molecule has 4 aromatic rings. The van der Waals surface area contributed by atoms with Gasteiger partial charge in [-0.15, -0.1) is 0 Å². The molecule has 0 aliphatic carbocycles. The third-order valence-corrected chi connectivity index (χ3v) is 8.23. The molecule has 40 heavy (non-hydrogen) atoms. The smallest absolute Gasteiger partial charge is 0.435 e. The Kier molecular flexibility index (Phi) is 6.82. The van der Waals surface area contributed by atoms with Crippen molar-refractivity contribution in [2.75, 3.05) is 19.0 Å². The summed E-state index contributed by atoms with van der Waals surface area (Å²) in [7, 11) is -2.42. The fourth-order valence-electron chi connectivity index (χ4n) is 4.39. The van der Waals surface area contributed by atoms with Crippen LogP contribution in [0.5, 0.6) is 5.75 Å². The van der Waals surface area contributed by atoms with Gasteiger partial charge in [-0.05, 0) is 47.5 Å². The van der Waals surface area contributed by atoms with E-state index in [4.69, 9.17) is 10.00 Å². The summed E-state index contributed by atoms with van der Waals surface area (Å²) in [6.07, 6.45) is -4.77. The Balaban J connectivity index is 1.44. The number of methoxy groups -OCH3 is 1. The highest BCUT2D eigenvalue weighted by atomic mass is 32.2. The van der Waals surface area contributed by atoms with Gasteiger partial charge in [0.1, 0.15) is 18.0 Å². The molecule has 1 amide bonds. The molecule has 3 aromatic carbocycles. The van der Waals surface area contributed by atoms with Crippen LogP contribution in [0, 0.1) is 11.3 Å². The van der Waals surface area contributed by atoms with Crippen molar-refractivity contribution in [2.24, 2.45) is 0 Å². The van der Waals surface area contributed by atoms with Crippen LogP contribution in [-0.4, -0.2) is 42.1 Å². The van der Waals surface area contributed by atoms with Gasteiger partial charge in [0.25, 0.3) is 5.91 Å². The van der Waals surface area contributed by atoms with Crippen molar-refractivity contribution >= 4 is 21.6 Å². The number of fused-ring (bicyclic) bond motifs is 1. The summed E-state index contributed by atoms with van der Waals surface area (Å²) in [6.45, 7) is -0.181. The molecule has 2 heterocycles. The minimum Gasteiger partial charge on any atom is -0.497 e. The molecular formula is C27H20F3N5O4S. The number of ether oxygens (including phenoxy) is 1. The number of amides is 1. The highest BCUT2D eigenvalue weighted by molar-refractivity contribution is 7.89. The van der Waals surface area contributed by atoms with Crippen LogP contribution < -0.4 is 10.1 Å². The molecule has 0 radical (unpaired) electrons. The van der Waals surface area contributed by atoms with E-state index in [-0.39, 0.29) is 35.1 Å². The lowest BCUT2D eigenvalue weighted by atomic mass is 10.0. The van der Waals surface area contributed by atoms with Crippen LogP contribution in [0.4, 0.5) is 18.9 Å². The molecule has 0 saturated heterocycles. The van der Waals surface area contributed by atoms with Crippen molar-refractivity contribution in [3.8, 4) is 28.6 Å². The average Bonchev–Trinajstić information content (AvgIpc) is 3.49. The van der Waals surface area contributed by atoms with E-state index in [0.29, 0.717) is 28.5 Å². The highest BCUT2D eigenvalue weighted by Gasteiger charge is 2.37. The zero-order chi connectivity index (χ0) is 28.7. The standard InChI is InChI=1S/C27H20F3N5O4S/c1-39-21-11-9-20(10-12-21)35-23(15-24(33-35)27(28,29)30)26(36)32-19-7-5-17(6-8-19)22-4-2-3-18-16-34(14-13-31)40(37,38)25(18)22/h2-12,15H,14,16H2,1H3,(H,32,36). The molecule has 0 fully saturated rings. The van der Waals surface area contributed by atoms with E-state index >= 15 is 0 Å². The van der Waals surface area contributed by atoms with Crippen LogP contribution in [0.15, 0.2) is 77.7 Å². The van der Waals surface area contributed by atoms with E-state index in [9.17, 15) is 26.4 Å². The minimum absolute atomic E-state index is 0.0923. The number of rotatable bonds is 6. The third kappa shape index (κ3) is 4.90. The van der Waals surface area contributed by atoms with E-state index in [2.05, 4.69) is 10.4 Å². The maximum Gasteiger partial charge on any atom is 0.435 e. The lowest BCUT2D eigenvalue weighted by Gasteiger charge is -2.12. The molecule has 204 valence electrons. The van der Waals surface area contributed by atoms with Crippen LogP contribution in [0.25, 0.3) is 16.8 Å². The lowest BCUT2D eigenvalue weighted by Crippen LogP contribution is -2.24. The number of hydrogen-bond donors (Lipinski definition) is 1. The largest absolute Gasteiger partial charge is 0.497 e. The Morgan fingerprint density at radius 3 is 2.42 bits per heavy atom. The Morgan fingerprint density at radius 1 is 1.10 bits per heavy atom. The summed E-state index contributed by atoms with van der Waals surface area (Å²) >= 11 is 0. The fourth-order valence-corrected chi connectivity index (χ4v) is 6.12. The molecule has 1 aromatic heterocycles. The van der Waals surface area contributed by atoms with Crippen molar-refractivity contribution < 1.29 is 31.1 Å². The van der Waals surface area contributed by atoms with Crippen LogP contribution in [0.2, 0.25) is 0 Å². The topological polar surface area (TPSA) is 117 Å². The number of halogens is 3. The lowest BCUT2D eigenvalue weighted by molar-refractivity contribution is -0.141. The predicted octanol–water partition coefficient (Wildman–Crippen LogP) is 4.85. The summed E-state index contributed by atoms with van der Waals surface area (Å²) in [5.74, 6) is -0.352. The van der Waals surface area contributed by atoms with Crippen LogP contribution >= 0.6 is 0 Å². The van der Waals surface area contributed by atoms with Crippen LogP contribution in [-0.2, 0) is 22.7 Å². The number of benzene rings is 3. The van der Waals surface area contributed by atoms with Gasteiger partial charge in [0.2, 0.25) is 10.0 Å². The van der Waals surface area contributed by atoms with Gasteiger partial charge in [0.05, 0.1) is 23.8 Å². The van der Waals surface area contributed by atoms with E-state index < -0.39 is 27.8 Å². The van der Waals surface area contributed by atoms with E-state index in [1.165, 1.54) is 43.5 Å². The van der Waals surface area contributed by atoms with E-state index in [1.54, 1.807) is 30.3 Å². The number of nitrogens with zero attached hydrogens (tertiary/aromatic N) is 4. The van der Waals surface area contributed by atoms with Gasteiger partial charge in [-0.1, -0.05) is 30.3 Å². The van der Waals surface area contributed by atoms with Gasteiger partial charge in [-0.3, -0.25) is 4.79 Å². The quantitative estimate of drug-likeness (QED) is 0.333. The molecule has 0 unspecified atom stereocenters. The van der Waals surface area contributed by atoms with Crippen molar-refractivity contribution in [1.29, 1.82) is 5.26 Å². The monoisotopic (exact) mass is 567 g/mol. The van der Waals surface area contributed by atoms with Gasteiger partial charge < -0.3 is 10.1 Å². The van der Waals surface area contributed by atoms with Crippen molar-refractivity contribution in [2.45, 2.75) is 17.6 Å². The summed E-state index contributed by atoms with van der Waals surface area (Å²) in [5, 5.41) is 15.2. The summed E-state index contributed by atoms with van der Waals surface area (Å²) in [6, 6.07) is 19.8. The molecule has 0 atom stereocenters. The number of anilines is 1. The van der Waals surface area contributed by atoms with Crippen molar-refractivity contribution in [3.05, 3.63) is 89.7 Å². The van der Waals surface area contributed by atoms with E-state index in [1.807, 2.05) is 6.07 Å².